The minimum Gasteiger partial charge on any atom is -0.480 e. The molecule has 142 valence electrons. The van der Waals surface area contributed by atoms with E-state index in [2.05, 4.69) is 0 Å². The topological polar surface area (TPSA) is 95.0 Å². The summed E-state index contributed by atoms with van der Waals surface area (Å²) in [6.07, 6.45) is 5.15. The van der Waals surface area contributed by atoms with Crippen LogP contribution < -0.4 is 4.90 Å². The Labute approximate surface area is 155 Å². The molecule has 1 fully saturated rings. The number of carboxylic acids is 1. The van der Waals surface area contributed by atoms with Crippen LogP contribution in [-0.4, -0.2) is 52.2 Å². The number of halogens is 1. The van der Waals surface area contributed by atoms with E-state index in [1.54, 1.807) is 6.08 Å². The van der Waals surface area contributed by atoms with Crippen molar-refractivity contribution in [3.63, 3.8) is 0 Å². The highest BCUT2D eigenvalue weighted by Crippen LogP contribution is 2.32. The van der Waals surface area contributed by atoms with E-state index >= 15 is 0 Å². The zero-order chi connectivity index (χ0) is 19.6. The van der Waals surface area contributed by atoms with E-state index < -0.39 is 35.7 Å². The first-order chi connectivity index (χ1) is 12.9. The number of anilines is 1. The maximum Gasteiger partial charge on any atom is 0.326 e. The number of aldehydes is 1. The quantitative estimate of drug-likeness (QED) is 0.490. The van der Waals surface area contributed by atoms with Gasteiger partial charge in [-0.3, -0.25) is 19.3 Å². The number of benzene rings is 1. The molecule has 0 unspecified atom stereocenters. The summed E-state index contributed by atoms with van der Waals surface area (Å²) in [6.45, 7) is 0. The van der Waals surface area contributed by atoms with Crippen molar-refractivity contribution in [3.05, 3.63) is 42.2 Å². The number of hydrogen-bond acceptors (Lipinski definition) is 4. The number of fused-ring (bicyclic) bond motifs is 1. The lowest BCUT2D eigenvalue weighted by atomic mass is 10.0. The number of nitrogens with zero attached hydrogens (tertiary/aromatic N) is 2. The first-order valence-corrected chi connectivity index (χ1v) is 8.68. The van der Waals surface area contributed by atoms with Crippen LogP contribution in [0.3, 0.4) is 0 Å². The fraction of sp³-hybridized carbons (Fsp3) is 0.368. The van der Waals surface area contributed by atoms with E-state index in [1.807, 2.05) is 6.08 Å². The number of carbonyl (C=O) groups is 4. The molecule has 7 nitrogen and oxygen atoms in total. The third kappa shape index (κ3) is 3.60. The number of carbonyl (C=O) groups excluding carboxylic acids is 3. The number of rotatable bonds is 4. The Morgan fingerprint density at radius 3 is 2.63 bits per heavy atom. The number of carboxylic acid groups (broad SMARTS) is 1. The van der Waals surface area contributed by atoms with Gasteiger partial charge in [0.15, 0.2) is 0 Å². The summed E-state index contributed by atoms with van der Waals surface area (Å²) in [7, 11) is 0. The summed E-state index contributed by atoms with van der Waals surface area (Å²) in [6, 6.07) is 2.67. The van der Waals surface area contributed by atoms with Crippen LogP contribution in [0.1, 0.15) is 25.7 Å². The molecule has 1 aromatic carbocycles. The molecule has 0 saturated carbocycles. The van der Waals surface area contributed by atoms with E-state index in [4.69, 9.17) is 0 Å². The van der Waals surface area contributed by atoms with Crippen LogP contribution >= 0.6 is 0 Å². The van der Waals surface area contributed by atoms with Gasteiger partial charge in [0, 0.05) is 11.7 Å². The highest BCUT2D eigenvalue weighted by atomic mass is 19.1. The monoisotopic (exact) mass is 374 g/mol. The van der Waals surface area contributed by atoms with Gasteiger partial charge in [0.25, 0.3) is 5.91 Å². The van der Waals surface area contributed by atoms with E-state index in [0.717, 1.165) is 11.0 Å². The Balaban J connectivity index is 2.04. The molecule has 2 aliphatic heterocycles. The van der Waals surface area contributed by atoms with Crippen molar-refractivity contribution >= 4 is 29.8 Å². The smallest absolute Gasteiger partial charge is 0.326 e. The Bertz CT molecular complexity index is 809. The van der Waals surface area contributed by atoms with Gasteiger partial charge in [0.2, 0.25) is 12.2 Å². The molecule has 3 rings (SSSR count). The highest BCUT2D eigenvalue weighted by molar-refractivity contribution is 6.31. The maximum atomic E-state index is 13.7. The average molecular weight is 374 g/mol. The largest absolute Gasteiger partial charge is 0.480 e. The van der Waals surface area contributed by atoms with Gasteiger partial charge < -0.3 is 10.0 Å². The summed E-state index contributed by atoms with van der Waals surface area (Å²) < 4.78 is 13.7. The van der Waals surface area contributed by atoms with Crippen LogP contribution in [-0.2, 0) is 19.2 Å². The molecule has 0 aromatic heterocycles. The standard InChI is InChI=1S/C19H19FN2O5/c20-12-4-3-6-14(10-12)21(17(24)11-23)15-7-2-1-5-13-8-9-16(19(26)27)22(13)18(15)25/h1-4,6,10-11,13,15-16H,5,7-9H2,(H,26,27)/b2-1-/t13-,15+,16+/m1/s1. The number of amides is 2. The first-order valence-electron chi connectivity index (χ1n) is 8.68. The van der Waals surface area contributed by atoms with Gasteiger partial charge in [-0.25, -0.2) is 9.18 Å². The molecule has 1 N–H and O–H groups in total. The molecule has 3 atom stereocenters. The Hall–Kier alpha value is -3.03. The van der Waals surface area contributed by atoms with E-state index in [0.29, 0.717) is 19.3 Å². The fourth-order valence-corrected chi connectivity index (χ4v) is 3.80. The molecule has 0 spiro atoms. The molecule has 2 heterocycles. The normalized spacial score (nSPS) is 25.9. The minimum absolute atomic E-state index is 0.0663. The van der Waals surface area contributed by atoms with Crippen LogP contribution in [0.2, 0.25) is 0 Å². The van der Waals surface area contributed by atoms with E-state index in [9.17, 15) is 28.7 Å². The summed E-state index contributed by atoms with van der Waals surface area (Å²) in [5, 5.41) is 9.47. The number of aliphatic carboxylic acids is 1. The summed E-state index contributed by atoms with van der Waals surface area (Å²) >= 11 is 0. The van der Waals surface area contributed by atoms with Gasteiger partial charge in [-0.2, -0.15) is 0 Å². The van der Waals surface area contributed by atoms with Crippen molar-refractivity contribution in [1.82, 2.24) is 4.90 Å². The molecular weight excluding hydrogens is 355 g/mol. The van der Waals surface area contributed by atoms with Gasteiger partial charge >= 0.3 is 5.97 Å². The van der Waals surface area contributed by atoms with Crippen molar-refractivity contribution < 1.29 is 28.7 Å². The van der Waals surface area contributed by atoms with Gasteiger partial charge in [-0.05, 0) is 43.9 Å². The first kappa shape index (κ1) is 18.8. The lowest BCUT2D eigenvalue weighted by molar-refractivity contribution is -0.150. The lowest BCUT2D eigenvalue weighted by Crippen LogP contribution is -2.56. The van der Waals surface area contributed by atoms with Crippen molar-refractivity contribution in [3.8, 4) is 0 Å². The van der Waals surface area contributed by atoms with Gasteiger partial charge in [0.1, 0.15) is 17.9 Å². The van der Waals surface area contributed by atoms with Crippen molar-refractivity contribution in [2.75, 3.05) is 4.90 Å². The van der Waals surface area contributed by atoms with Crippen molar-refractivity contribution in [1.29, 1.82) is 0 Å². The molecule has 0 radical (unpaired) electrons. The molecule has 0 bridgehead atoms. The number of hydrogen-bond donors (Lipinski definition) is 1. The van der Waals surface area contributed by atoms with Gasteiger partial charge in [0.05, 0.1) is 0 Å². The lowest BCUT2D eigenvalue weighted by Gasteiger charge is -2.37. The molecule has 1 aromatic rings. The Morgan fingerprint density at radius 1 is 1.22 bits per heavy atom. The molecule has 1 saturated heterocycles. The Morgan fingerprint density at radius 2 is 1.96 bits per heavy atom. The van der Waals surface area contributed by atoms with Crippen LogP contribution in [0.4, 0.5) is 10.1 Å². The second-order valence-corrected chi connectivity index (χ2v) is 6.60. The third-order valence-corrected chi connectivity index (χ3v) is 5.00. The maximum absolute atomic E-state index is 13.7. The molecule has 27 heavy (non-hydrogen) atoms. The van der Waals surface area contributed by atoms with Crippen molar-refractivity contribution in [2.24, 2.45) is 0 Å². The third-order valence-electron chi connectivity index (χ3n) is 5.00. The highest BCUT2D eigenvalue weighted by Gasteiger charge is 2.45. The predicted octanol–water partition coefficient (Wildman–Crippen LogP) is 1.52. The second-order valence-electron chi connectivity index (χ2n) is 6.60. The zero-order valence-corrected chi connectivity index (χ0v) is 14.5. The summed E-state index contributed by atoms with van der Waals surface area (Å²) in [5.41, 5.74) is 0.0713. The molecule has 8 heteroatoms. The van der Waals surface area contributed by atoms with Gasteiger partial charge in [-0.15, -0.1) is 0 Å². The van der Waals surface area contributed by atoms with Crippen LogP contribution in [0, 0.1) is 5.82 Å². The zero-order valence-electron chi connectivity index (χ0n) is 14.5. The molecular formula is C19H19FN2O5. The van der Waals surface area contributed by atoms with Gasteiger partial charge in [-0.1, -0.05) is 18.2 Å². The molecule has 2 amide bonds. The van der Waals surface area contributed by atoms with Crippen molar-refractivity contribution in [2.45, 2.75) is 43.8 Å². The summed E-state index contributed by atoms with van der Waals surface area (Å²) in [4.78, 5) is 50.6. The second kappa shape index (κ2) is 7.69. The average Bonchev–Trinajstić information content (AvgIpc) is 3.05. The van der Waals surface area contributed by atoms with Crippen LogP contribution in [0.25, 0.3) is 0 Å². The minimum atomic E-state index is -1.12. The van der Waals surface area contributed by atoms with E-state index in [-0.39, 0.29) is 24.4 Å². The fourth-order valence-electron chi connectivity index (χ4n) is 3.80. The SMILES string of the molecule is O=CC(=O)N(c1cccc(F)c1)[C@H]1C/C=C\C[C@@H]2CC[C@@H](C(=O)O)N2C1=O. The van der Waals surface area contributed by atoms with Crippen LogP contribution in [0.15, 0.2) is 36.4 Å². The molecule has 2 aliphatic rings. The van der Waals surface area contributed by atoms with Crippen LogP contribution in [0.5, 0.6) is 0 Å². The van der Waals surface area contributed by atoms with E-state index in [1.165, 1.54) is 23.1 Å². The predicted molar refractivity (Wildman–Crippen MR) is 93.4 cm³/mol. The Kier molecular flexibility index (Phi) is 5.34. The summed E-state index contributed by atoms with van der Waals surface area (Å²) in [5.74, 6) is -3.26. The molecule has 0 aliphatic carbocycles.